The van der Waals surface area contributed by atoms with Crippen molar-refractivity contribution in [2.75, 3.05) is 6.54 Å². The van der Waals surface area contributed by atoms with E-state index in [1.165, 1.54) is 5.69 Å². The summed E-state index contributed by atoms with van der Waals surface area (Å²) in [5.41, 5.74) is 2.17. The van der Waals surface area contributed by atoms with E-state index in [-0.39, 0.29) is 0 Å². The largest absolute Gasteiger partial charge is 0.327 e. The average molecular weight is 245 g/mol. The topological polar surface area (TPSA) is 55.6 Å². The van der Waals surface area contributed by atoms with E-state index in [1.807, 2.05) is 18.6 Å². The highest BCUT2D eigenvalue weighted by atomic mass is 15.1. The van der Waals surface area contributed by atoms with Crippen LogP contribution in [0.4, 0.5) is 0 Å². The molecule has 2 aromatic rings. The molecule has 0 aromatic carbocycles. The molecule has 0 atom stereocenters. The third-order valence-corrected chi connectivity index (χ3v) is 2.63. The lowest BCUT2D eigenvalue weighted by molar-refractivity contribution is 0.538. The van der Waals surface area contributed by atoms with Crippen molar-refractivity contribution in [2.24, 2.45) is 5.92 Å². The van der Waals surface area contributed by atoms with E-state index in [0.29, 0.717) is 5.92 Å². The summed E-state index contributed by atoms with van der Waals surface area (Å²) in [4.78, 5) is 12.3. The van der Waals surface area contributed by atoms with Crippen LogP contribution in [-0.4, -0.2) is 26.1 Å². The van der Waals surface area contributed by atoms with Gasteiger partial charge in [0.15, 0.2) is 0 Å². The molecule has 0 aliphatic rings. The summed E-state index contributed by atoms with van der Waals surface area (Å²) in [7, 11) is 0. The number of aromatic nitrogens is 4. The molecule has 0 bridgehead atoms. The number of nitrogens with one attached hydrogen (secondary N) is 1. The van der Waals surface area contributed by atoms with Crippen LogP contribution in [0.25, 0.3) is 0 Å². The molecule has 2 rings (SSSR count). The summed E-state index contributed by atoms with van der Waals surface area (Å²) >= 11 is 0. The number of hydrogen-bond acceptors (Lipinski definition) is 4. The molecule has 1 N–H and O–H groups in total. The molecule has 2 heterocycles. The fourth-order valence-corrected chi connectivity index (χ4v) is 1.71. The zero-order valence-electron chi connectivity index (χ0n) is 10.9. The number of hydrogen-bond donors (Lipinski definition) is 1. The minimum Gasteiger partial charge on any atom is -0.327 e. The predicted molar refractivity (Wildman–Crippen MR) is 69.9 cm³/mol. The van der Waals surface area contributed by atoms with Crippen molar-refractivity contribution in [1.82, 2.24) is 24.8 Å². The van der Waals surface area contributed by atoms with E-state index in [0.717, 1.165) is 25.3 Å². The smallest absolute Gasteiger partial charge is 0.115 e. The zero-order valence-corrected chi connectivity index (χ0v) is 10.9. The fourth-order valence-electron chi connectivity index (χ4n) is 1.71. The molecule has 5 heteroatoms. The third kappa shape index (κ3) is 3.63. The molecule has 0 unspecified atom stereocenters. The Bertz CT molecular complexity index is 463. The molecule has 96 valence electrons. The normalized spacial score (nSPS) is 11.1. The van der Waals surface area contributed by atoms with Crippen LogP contribution < -0.4 is 5.32 Å². The van der Waals surface area contributed by atoms with Crippen molar-refractivity contribution in [3.8, 4) is 0 Å². The number of imidazole rings is 1. The van der Waals surface area contributed by atoms with E-state index in [4.69, 9.17) is 0 Å². The monoisotopic (exact) mass is 245 g/mol. The van der Waals surface area contributed by atoms with Crippen LogP contribution in [0.1, 0.15) is 25.2 Å². The predicted octanol–water partition coefficient (Wildman–Crippen LogP) is 1.47. The van der Waals surface area contributed by atoms with Crippen LogP contribution >= 0.6 is 0 Å². The molecule has 0 aliphatic heterocycles. The third-order valence-electron chi connectivity index (χ3n) is 2.63. The SMILES string of the molecule is CC(C)CNCc1cncn1Cc1ccncn1. The van der Waals surface area contributed by atoms with Gasteiger partial charge in [-0.2, -0.15) is 0 Å². The highest BCUT2D eigenvalue weighted by Crippen LogP contribution is 2.03. The standard InChI is InChI=1S/C13H19N5/c1-11(2)5-15-6-13-7-16-10-18(13)8-12-3-4-14-9-17-12/h3-4,7,9-11,15H,5-6,8H2,1-2H3. The Morgan fingerprint density at radius 3 is 2.94 bits per heavy atom. The molecule has 2 aromatic heterocycles. The van der Waals surface area contributed by atoms with Gasteiger partial charge in [-0.05, 0) is 18.5 Å². The number of rotatable bonds is 6. The van der Waals surface area contributed by atoms with Crippen LogP contribution in [0.3, 0.4) is 0 Å². The fraction of sp³-hybridized carbons (Fsp3) is 0.462. The van der Waals surface area contributed by atoms with Crippen LogP contribution in [0.2, 0.25) is 0 Å². The molecule has 0 spiro atoms. The molecule has 0 aliphatic carbocycles. The lowest BCUT2D eigenvalue weighted by Gasteiger charge is -2.10. The van der Waals surface area contributed by atoms with Crippen LogP contribution in [0.15, 0.2) is 31.1 Å². The Hall–Kier alpha value is -1.75. The van der Waals surface area contributed by atoms with Crippen molar-refractivity contribution >= 4 is 0 Å². The highest BCUT2D eigenvalue weighted by Gasteiger charge is 2.03. The van der Waals surface area contributed by atoms with Gasteiger partial charge < -0.3 is 9.88 Å². The van der Waals surface area contributed by atoms with E-state index in [1.54, 1.807) is 12.5 Å². The summed E-state index contributed by atoms with van der Waals surface area (Å²) in [5, 5.41) is 3.42. The van der Waals surface area contributed by atoms with Gasteiger partial charge in [-0.1, -0.05) is 13.8 Å². The van der Waals surface area contributed by atoms with Gasteiger partial charge in [0.25, 0.3) is 0 Å². The average Bonchev–Trinajstić information content (AvgIpc) is 2.78. The molecular formula is C13H19N5. The summed E-state index contributed by atoms with van der Waals surface area (Å²) < 4.78 is 2.11. The van der Waals surface area contributed by atoms with Gasteiger partial charge in [-0.3, -0.25) is 0 Å². The summed E-state index contributed by atoms with van der Waals surface area (Å²) in [5.74, 6) is 0.656. The molecular weight excluding hydrogens is 226 g/mol. The molecule has 0 radical (unpaired) electrons. The van der Waals surface area contributed by atoms with E-state index >= 15 is 0 Å². The summed E-state index contributed by atoms with van der Waals surface area (Å²) in [6, 6.07) is 1.92. The van der Waals surface area contributed by atoms with Gasteiger partial charge in [0.2, 0.25) is 0 Å². The Balaban J connectivity index is 1.95. The lowest BCUT2D eigenvalue weighted by atomic mass is 10.2. The van der Waals surface area contributed by atoms with Crippen molar-refractivity contribution in [3.63, 3.8) is 0 Å². The maximum absolute atomic E-state index is 4.22. The first-order valence-corrected chi connectivity index (χ1v) is 6.20. The summed E-state index contributed by atoms with van der Waals surface area (Å²) in [6.45, 7) is 6.99. The first-order chi connectivity index (χ1) is 8.75. The highest BCUT2D eigenvalue weighted by molar-refractivity contribution is 5.04. The van der Waals surface area contributed by atoms with Gasteiger partial charge >= 0.3 is 0 Å². The van der Waals surface area contributed by atoms with Crippen molar-refractivity contribution in [2.45, 2.75) is 26.9 Å². The van der Waals surface area contributed by atoms with E-state index in [9.17, 15) is 0 Å². The minimum absolute atomic E-state index is 0.656. The lowest BCUT2D eigenvalue weighted by Crippen LogP contribution is -2.21. The van der Waals surface area contributed by atoms with E-state index in [2.05, 4.69) is 38.7 Å². The van der Waals surface area contributed by atoms with Gasteiger partial charge in [-0.15, -0.1) is 0 Å². The molecule has 5 nitrogen and oxygen atoms in total. The minimum atomic E-state index is 0.656. The van der Waals surface area contributed by atoms with E-state index < -0.39 is 0 Å². The molecule has 0 amide bonds. The molecule has 0 saturated carbocycles. The van der Waals surface area contributed by atoms with Gasteiger partial charge in [0.1, 0.15) is 6.33 Å². The van der Waals surface area contributed by atoms with Crippen molar-refractivity contribution in [3.05, 3.63) is 42.5 Å². The Kier molecular flexibility index (Phi) is 4.41. The first-order valence-electron chi connectivity index (χ1n) is 6.20. The van der Waals surface area contributed by atoms with Gasteiger partial charge in [-0.25, -0.2) is 15.0 Å². The second-order valence-electron chi connectivity index (χ2n) is 4.74. The first kappa shape index (κ1) is 12.7. The Morgan fingerprint density at radius 1 is 1.33 bits per heavy atom. The molecule has 18 heavy (non-hydrogen) atoms. The maximum Gasteiger partial charge on any atom is 0.115 e. The second-order valence-corrected chi connectivity index (χ2v) is 4.74. The molecule has 0 fully saturated rings. The molecule has 0 saturated heterocycles. The number of nitrogens with zero attached hydrogens (tertiary/aromatic N) is 4. The Labute approximate surface area is 107 Å². The van der Waals surface area contributed by atoms with Crippen LogP contribution in [0.5, 0.6) is 0 Å². The summed E-state index contributed by atoms with van der Waals surface area (Å²) in [6.07, 6.45) is 7.07. The quantitative estimate of drug-likeness (QED) is 0.837. The van der Waals surface area contributed by atoms with Crippen LogP contribution in [-0.2, 0) is 13.1 Å². The zero-order chi connectivity index (χ0) is 12.8. The van der Waals surface area contributed by atoms with Crippen LogP contribution in [0, 0.1) is 5.92 Å². The van der Waals surface area contributed by atoms with Gasteiger partial charge in [0.05, 0.1) is 24.3 Å². The Morgan fingerprint density at radius 2 is 2.22 bits per heavy atom. The van der Waals surface area contributed by atoms with Crippen molar-refractivity contribution < 1.29 is 0 Å². The maximum atomic E-state index is 4.22. The van der Waals surface area contributed by atoms with Gasteiger partial charge in [0, 0.05) is 18.9 Å². The second kappa shape index (κ2) is 6.26. The van der Waals surface area contributed by atoms with Crippen molar-refractivity contribution in [1.29, 1.82) is 0 Å².